The topological polar surface area (TPSA) is 49.5 Å². The normalized spacial score (nSPS) is 12.5. The molecule has 0 fully saturated rings. The quantitative estimate of drug-likeness (QED) is 0.849. The lowest BCUT2D eigenvalue weighted by Gasteiger charge is -2.24. The van der Waals surface area contributed by atoms with Crippen molar-refractivity contribution in [2.45, 2.75) is 26.3 Å². The molecule has 96 valence electrons. The lowest BCUT2D eigenvalue weighted by molar-refractivity contribution is 0.289. The number of hydrogen-bond acceptors (Lipinski definition) is 3. The van der Waals surface area contributed by atoms with E-state index in [1.807, 2.05) is 6.92 Å². The lowest BCUT2D eigenvalue weighted by Crippen LogP contribution is -2.25. The minimum Gasteiger partial charge on any atom is -0.396 e. The van der Waals surface area contributed by atoms with E-state index >= 15 is 0 Å². The minimum absolute atomic E-state index is 0.0490. The van der Waals surface area contributed by atoms with Crippen LogP contribution in [0.25, 0.3) is 0 Å². The molecule has 1 aromatic rings. The molecule has 1 rings (SSSR count). The summed E-state index contributed by atoms with van der Waals surface area (Å²) in [5.41, 5.74) is 8.14. The van der Waals surface area contributed by atoms with Crippen LogP contribution in [0.3, 0.4) is 0 Å². The summed E-state index contributed by atoms with van der Waals surface area (Å²) in [4.78, 5) is 2.24. The minimum atomic E-state index is 0.0490. The van der Waals surface area contributed by atoms with Gasteiger partial charge in [-0.15, -0.1) is 0 Å². The Morgan fingerprint density at radius 3 is 2.65 bits per heavy atom. The van der Waals surface area contributed by atoms with E-state index in [0.717, 1.165) is 35.2 Å². The van der Waals surface area contributed by atoms with Crippen LogP contribution in [0.15, 0.2) is 22.7 Å². The van der Waals surface area contributed by atoms with Gasteiger partial charge in [-0.3, -0.25) is 0 Å². The number of halogens is 1. The maximum atomic E-state index is 8.89. The molecule has 0 radical (unpaired) electrons. The van der Waals surface area contributed by atoms with Gasteiger partial charge in [-0.05, 0) is 53.9 Å². The van der Waals surface area contributed by atoms with Crippen LogP contribution >= 0.6 is 15.9 Å². The number of benzene rings is 1. The van der Waals surface area contributed by atoms with Crippen molar-refractivity contribution in [2.75, 3.05) is 24.6 Å². The van der Waals surface area contributed by atoms with Crippen molar-refractivity contribution in [2.24, 2.45) is 5.73 Å². The van der Waals surface area contributed by atoms with Gasteiger partial charge in [0.1, 0.15) is 0 Å². The van der Waals surface area contributed by atoms with E-state index in [1.54, 1.807) is 0 Å². The molecule has 0 amide bonds. The molecule has 0 aliphatic carbocycles. The highest BCUT2D eigenvalue weighted by Crippen LogP contribution is 2.29. The van der Waals surface area contributed by atoms with E-state index in [2.05, 4.69) is 46.0 Å². The van der Waals surface area contributed by atoms with Crippen molar-refractivity contribution in [3.8, 4) is 0 Å². The first kappa shape index (κ1) is 14.5. The Bertz CT molecular complexity index is 355. The monoisotopic (exact) mass is 300 g/mol. The molecule has 3 nitrogen and oxygen atoms in total. The molecule has 0 saturated carbocycles. The van der Waals surface area contributed by atoms with Crippen molar-refractivity contribution in [1.82, 2.24) is 0 Å². The smallest absolute Gasteiger partial charge is 0.0510 e. The Morgan fingerprint density at radius 2 is 2.18 bits per heavy atom. The Balaban J connectivity index is 2.88. The van der Waals surface area contributed by atoms with Gasteiger partial charge in [0.25, 0.3) is 0 Å². The number of anilines is 1. The molecule has 17 heavy (non-hydrogen) atoms. The molecular weight excluding hydrogens is 280 g/mol. The maximum absolute atomic E-state index is 8.89. The molecule has 0 saturated heterocycles. The highest BCUT2D eigenvalue weighted by atomic mass is 79.9. The summed E-state index contributed by atoms with van der Waals surface area (Å²) in [6.45, 7) is 6.11. The van der Waals surface area contributed by atoms with Crippen LogP contribution in [0.5, 0.6) is 0 Å². The molecule has 0 aliphatic rings. The Morgan fingerprint density at radius 1 is 1.47 bits per heavy atom. The largest absolute Gasteiger partial charge is 0.396 e. The first-order chi connectivity index (χ1) is 8.10. The fraction of sp³-hybridized carbons (Fsp3) is 0.538. The van der Waals surface area contributed by atoms with Gasteiger partial charge in [0, 0.05) is 30.2 Å². The second kappa shape index (κ2) is 6.99. The Hall–Kier alpha value is -0.580. The van der Waals surface area contributed by atoms with Gasteiger partial charge in [-0.2, -0.15) is 0 Å². The zero-order valence-corrected chi connectivity index (χ0v) is 12.1. The molecule has 0 aromatic heterocycles. The van der Waals surface area contributed by atoms with Crippen LogP contribution in [-0.2, 0) is 0 Å². The summed E-state index contributed by atoms with van der Waals surface area (Å²) < 4.78 is 1.06. The van der Waals surface area contributed by atoms with E-state index in [4.69, 9.17) is 10.8 Å². The molecule has 0 aliphatic heterocycles. The van der Waals surface area contributed by atoms with Crippen molar-refractivity contribution >= 4 is 21.6 Å². The third-order valence-corrected chi connectivity index (χ3v) is 3.44. The SMILES string of the molecule is CCN(CCCO)c1ccc(C(C)N)cc1Br. The van der Waals surface area contributed by atoms with Crippen LogP contribution in [0.2, 0.25) is 0 Å². The number of aliphatic hydroxyl groups excluding tert-OH is 1. The summed E-state index contributed by atoms with van der Waals surface area (Å²) >= 11 is 3.59. The second-order valence-electron chi connectivity index (χ2n) is 4.16. The summed E-state index contributed by atoms with van der Waals surface area (Å²) in [6, 6.07) is 6.27. The average molecular weight is 301 g/mol. The molecule has 0 spiro atoms. The molecule has 1 unspecified atom stereocenters. The van der Waals surface area contributed by atoms with Crippen LogP contribution in [0.4, 0.5) is 5.69 Å². The summed E-state index contributed by atoms with van der Waals surface area (Å²) in [7, 11) is 0. The highest BCUT2D eigenvalue weighted by molar-refractivity contribution is 9.10. The zero-order valence-electron chi connectivity index (χ0n) is 10.5. The summed E-state index contributed by atoms with van der Waals surface area (Å²) in [5.74, 6) is 0. The summed E-state index contributed by atoms with van der Waals surface area (Å²) in [6.07, 6.45) is 0.787. The average Bonchev–Trinajstić information content (AvgIpc) is 2.31. The van der Waals surface area contributed by atoms with Crippen LogP contribution in [0.1, 0.15) is 31.9 Å². The number of nitrogens with zero attached hydrogens (tertiary/aromatic N) is 1. The third-order valence-electron chi connectivity index (χ3n) is 2.81. The standard InChI is InChI=1S/C13H21BrN2O/c1-3-16(7-4-8-17)13-6-5-11(10(2)15)9-12(13)14/h5-6,9-10,17H,3-4,7-8,15H2,1-2H3. The molecule has 3 N–H and O–H groups in total. The van der Waals surface area contributed by atoms with Crippen LogP contribution < -0.4 is 10.6 Å². The first-order valence-electron chi connectivity index (χ1n) is 6.01. The van der Waals surface area contributed by atoms with E-state index < -0.39 is 0 Å². The van der Waals surface area contributed by atoms with Crippen LogP contribution in [0, 0.1) is 0 Å². The Kier molecular flexibility index (Phi) is 5.95. The number of nitrogens with two attached hydrogens (primary N) is 1. The first-order valence-corrected chi connectivity index (χ1v) is 6.80. The molecular formula is C13H21BrN2O. The van der Waals surface area contributed by atoms with Crippen molar-refractivity contribution in [3.05, 3.63) is 28.2 Å². The van der Waals surface area contributed by atoms with Gasteiger partial charge in [0.15, 0.2) is 0 Å². The van der Waals surface area contributed by atoms with E-state index in [-0.39, 0.29) is 12.6 Å². The van der Waals surface area contributed by atoms with Crippen molar-refractivity contribution in [1.29, 1.82) is 0 Å². The van der Waals surface area contributed by atoms with Gasteiger partial charge in [-0.25, -0.2) is 0 Å². The maximum Gasteiger partial charge on any atom is 0.0510 e. The predicted octanol–water partition coefficient (Wildman–Crippen LogP) is 2.68. The number of aliphatic hydroxyl groups is 1. The second-order valence-corrected chi connectivity index (χ2v) is 5.01. The van der Waals surface area contributed by atoms with Gasteiger partial charge in [0.05, 0.1) is 5.69 Å². The molecule has 0 heterocycles. The molecule has 0 bridgehead atoms. The van der Waals surface area contributed by atoms with E-state index in [0.29, 0.717) is 0 Å². The Labute approximate surface area is 112 Å². The predicted molar refractivity (Wildman–Crippen MR) is 76.3 cm³/mol. The third kappa shape index (κ3) is 3.98. The van der Waals surface area contributed by atoms with Gasteiger partial charge < -0.3 is 15.7 Å². The van der Waals surface area contributed by atoms with Crippen molar-refractivity contribution < 1.29 is 5.11 Å². The fourth-order valence-corrected chi connectivity index (χ4v) is 2.42. The van der Waals surface area contributed by atoms with Gasteiger partial charge in [-0.1, -0.05) is 6.07 Å². The molecule has 1 aromatic carbocycles. The van der Waals surface area contributed by atoms with Crippen molar-refractivity contribution in [3.63, 3.8) is 0 Å². The lowest BCUT2D eigenvalue weighted by atomic mass is 10.1. The van der Waals surface area contributed by atoms with E-state index in [1.165, 1.54) is 0 Å². The van der Waals surface area contributed by atoms with Gasteiger partial charge in [0.2, 0.25) is 0 Å². The summed E-state index contributed by atoms with van der Waals surface area (Å²) in [5, 5.41) is 8.89. The molecule has 4 heteroatoms. The van der Waals surface area contributed by atoms with E-state index in [9.17, 15) is 0 Å². The molecule has 1 atom stereocenters. The number of rotatable bonds is 6. The fourth-order valence-electron chi connectivity index (χ4n) is 1.77. The number of hydrogen-bond donors (Lipinski definition) is 2. The van der Waals surface area contributed by atoms with Gasteiger partial charge >= 0.3 is 0 Å². The highest BCUT2D eigenvalue weighted by Gasteiger charge is 2.09. The zero-order chi connectivity index (χ0) is 12.8. The van der Waals surface area contributed by atoms with Crippen LogP contribution in [-0.4, -0.2) is 24.8 Å².